The standard InChI is InChI=1S/C13H10N4O3/c18-13(19)10-6-11(20-8-10)7-17-15-12(14-16-17)9-4-2-1-3-5-9/h1-6,8H,7H2,(H,18,19). The number of tetrazole rings is 1. The van der Waals surface area contributed by atoms with Crippen LogP contribution in [0.3, 0.4) is 0 Å². The van der Waals surface area contributed by atoms with Crippen molar-refractivity contribution < 1.29 is 14.3 Å². The molecule has 20 heavy (non-hydrogen) atoms. The van der Waals surface area contributed by atoms with Crippen molar-refractivity contribution in [3.05, 3.63) is 54.0 Å². The number of hydrogen-bond donors (Lipinski definition) is 1. The van der Waals surface area contributed by atoms with Crippen molar-refractivity contribution in [1.82, 2.24) is 20.2 Å². The number of benzene rings is 1. The van der Waals surface area contributed by atoms with Gasteiger partial charge in [-0.25, -0.2) is 4.79 Å². The molecule has 0 unspecified atom stereocenters. The first-order valence-corrected chi connectivity index (χ1v) is 5.86. The molecule has 0 aliphatic heterocycles. The Morgan fingerprint density at radius 1 is 1.30 bits per heavy atom. The first kappa shape index (κ1) is 12.1. The predicted octanol–water partition coefficient (Wildman–Crippen LogP) is 1.68. The van der Waals surface area contributed by atoms with Gasteiger partial charge in [0.1, 0.15) is 18.6 Å². The minimum atomic E-state index is -1.03. The van der Waals surface area contributed by atoms with Gasteiger partial charge >= 0.3 is 5.97 Å². The third-order valence-corrected chi connectivity index (χ3v) is 2.68. The van der Waals surface area contributed by atoms with Gasteiger partial charge in [0.25, 0.3) is 0 Å². The molecule has 0 aliphatic rings. The van der Waals surface area contributed by atoms with Gasteiger partial charge in [-0.05, 0) is 11.3 Å². The fourth-order valence-electron chi connectivity index (χ4n) is 1.73. The van der Waals surface area contributed by atoms with Gasteiger partial charge in [-0.3, -0.25) is 0 Å². The molecule has 0 saturated heterocycles. The molecule has 3 aromatic rings. The zero-order chi connectivity index (χ0) is 13.9. The third kappa shape index (κ3) is 2.41. The summed E-state index contributed by atoms with van der Waals surface area (Å²) < 4.78 is 5.14. The molecule has 0 aliphatic carbocycles. The van der Waals surface area contributed by atoms with Crippen LogP contribution in [-0.2, 0) is 6.54 Å². The van der Waals surface area contributed by atoms with E-state index in [4.69, 9.17) is 9.52 Å². The van der Waals surface area contributed by atoms with Gasteiger partial charge in [-0.1, -0.05) is 30.3 Å². The largest absolute Gasteiger partial charge is 0.478 e. The molecule has 0 amide bonds. The number of carboxylic acid groups (broad SMARTS) is 1. The lowest BCUT2D eigenvalue weighted by Gasteiger charge is -1.94. The van der Waals surface area contributed by atoms with E-state index in [2.05, 4.69) is 15.4 Å². The summed E-state index contributed by atoms with van der Waals surface area (Å²) in [6.45, 7) is 0.229. The smallest absolute Gasteiger partial charge is 0.338 e. The van der Waals surface area contributed by atoms with Gasteiger partial charge < -0.3 is 9.52 Å². The van der Waals surface area contributed by atoms with E-state index in [1.54, 1.807) is 0 Å². The Kier molecular flexibility index (Phi) is 3.00. The Bertz CT molecular complexity index is 733. The highest BCUT2D eigenvalue weighted by atomic mass is 16.4. The molecule has 7 heteroatoms. The quantitative estimate of drug-likeness (QED) is 0.775. The van der Waals surface area contributed by atoms with Gasteiger partial charge in [0.15, 0.2) is 0 Å². The highest BCUT2D eigenvalue weighted by Crippen LogP contribution is 2.13. The third-order valence-electron chi connectivity index (χ3n) is 2.68. The molecule has 0 radical (unpaired) electrons. The van der Waals surface area contributed by atoms with Crippen LogP contribution in [-0.4, -0.2) is 31.3 Å². The second kappa shape index (κ2) is 4.96. The number of furan rings is 1. The van der Waals surface area contributed by atoms with Gasteiger partial charge in [-0.15, -0.1) is 10.2 Å². The maximum absolute atomic E-state index is 10.7. The summed E-state index contributed by atoms with van der Waals surface area (Å²) in [5.41, 5.74) is 0.966. The Hall–Kier alpha value is -2.96. The molecule has 0 spiro atoms. The molecule has 0 fully saturated rings. The lowest BCUT2D eigenvalue weighted by Crippen LogP contribution is -2.03. The number of carboxylic acids is 1. The van der Waals surface area contributed by atoms with Crippen LogP contribution in [0, 0.1) is 0 Å². The Labute approximate surface area is 113 Å². The van der Waals surface area contributed by atoms with E-state index >= 15 is 0 Å². The van der Waals surface area contributed by atoms with Crippen LogP contribution < -0.4 is 0 Å². The molecular weight excluding hydrogens is 260 g/mol. The van der Waals surface area contributed by atoms with Crippen molar-refractivity contribution in [3.8, 4) is 11.4 Å². The van der Waals surface area contributed by atoms with Gasteiger partial charge in [0, 0.05) is 5.56 Å². The number of aromatic carboxylic acids is 1. The SMILES string of the molecule is O=C(O)c1coc(Cn2nnc(-c3ccccc3)n2)c1. The lowest BCUT2D eigenvalue weighted by atomic mass is 10.2. The Morgan fingerprint density at radius 3 is 2.80 bits per heavy atom. The summed E-state index contributed by atoms with van der Waals surface area (Å²) in [6.07, 6.45) is 1.19. The van der Waals surface area contributed by atoms with Crippen LogP contribution in [0.5, 0.6) is 0 Å². The molecule has 0 bridgehead atoms. The van der Waals surface area contributed by atoms with Gasteiger partial charge in [0.2, 0.25) is 5.82 Å². The van der Waals surface area contributed by atoms with Gasteiger partial charge in [0.05, 0.1) is 5.56 Å². The van der Waals surface area contributed by atoms with Crippen LogP contribution in [0.15, 0.2) is 47.1 Å². The second-order valence-corrected chi connectivity index (χ2v) is 4.12. The highest BCUT2D eigenvalue weighted by molar-refractivity contribution is 5.87. The molecular formula is C13H10N4O3. The second-order valence-electron chi connectivity index (χ2n) is 4.12. The molecule has 2 heterocycles. The number of nitrogens with zero attached hydrogens (tertiary/aromatic N) is 4. The number of carbonyl (C=O) groups is 1. The summed E-state index contributed by atoms with van der Waals surface area (Å²) >= 11 is 0. The van der Waals surface area contributed by atoms with E-state index in [-0.39, 0.29) is 12.1 Å². The fourth-order valence-corrected chi connectivity index (χ4v) is 1.73. The van der Waals surface area contributed by atoms with Crippen molar-refractivity contribution in [1.29, 1.82) is 0 Å². The zero-order valence-corrected chi connectivity index (χ0v) is 10.3. The van der Waals surface area contributed by atoms with Crippen LogP contribution in [0.25, 0.3) is 11.4 Å². The molecule has 7 nitrogen and oxygen atoms in total. The number of hydrogen-bond acceptors (Lipinski definition) is 5. The summed E-state index contributed by atoms with van der Waals surface area (Å²) in [4.78, 5) is 12.1. The van der Waals surface area contributed by atoms with Crippen molar-refractivity contribution in [2.45, 2.75) is 6.54 Å². The summed E-state index contributed by atoms with van der Waals surface area (Å²) in [7, 11) is 0. The average molecular weight is 270 g/mol. The van der Waals surface area contributed by atoms with Gasteiger partial charge in [-0.2, -0.15) is 4.80 Å². The molecule has 0 saturated carbocycles. The maximum atomic E-state index is 10.7. The number of rotatable bonds is 4. The molecule has 3 rings (SSSR count). The molecule has 0 atom stereocenters. The molecule has 1 N–H and O–H groups in total. The molecule has 100 valence electrons. The fraction of sp³-hybridized carbons (Fsp3) is 0.0769. The minimum Gasteiger partial charge on any atom is -0.478 e. The van der Waals surface area contributed by atoms with Crippen molar-refractivity contribution in [2.24, 2.45) is 0 Å². The van der Waals surface area contributed by atoms with Crippen LogP contribution in [0.2, 0.25) is 0 Å². The van der Waals surface area contributed by atoms with E-state index in [0.29, 0.717) is 11.6 Å². The van der Waals surface area contributed by atoms with E-state index in [9.17, 15) is 4.79 Å². The van der Waals surface area contributed by atoms with E-state index < -0.39 is 5.97 Å². The Morgan fingerprint density at radius 2 is 2.10 bits per heavy atom. The number of aromatic nitrogens is 4. The zero-order valence-electron chi connectivity index (χ0n) is 10.3. The van der Waals surface area contributed by atoms with Crippen LogP contribution in [0.1, 0.15) is 16.1 Å². The lowest BCUT2D eigenvalue weighted by molar-refractivity contribution is 0.0696. The van der Waals surface area contributed by atoms with E-state index in [0.717, 1.165) is 5.56 Å². The van der Waals surface area contributed by atoms with Crippen molar-refractivity contribution in [3.63, 3.8) is 0 Å². The molecule has 1 aromatic carbocycles. The highest BCUT2D eigenvalue weighted by Gasteiger charge is 2.11. The Balaban J connectivity index is 1.78. The summed E-state index contributed by atoms with van der Waals surface area (Å²) in [5.74, 6) is -0.0634. The van der Waals surface area contributed by atoms with Crippen molar-refractivity contribution in [2.75, 3.05) is 0 Å². The predicted molar refractivity (Wildman–Crippen MR) is 68.0 cm³/mol. The van der Waals surface area contributed by atoms with E-state index in [1.807, 2.05) is 30.3 Å². The first-order valence-electron chi connectivity index (χ1n) is 5.86. The normalized spacial score (nSPS) is 10.6. The van der Waals surface area contributed by atoms with Crippen molar-refractivity contribution >= 4 is 5.97 Å². The maximum Gasteiger partial charge on any atom is 0.338 e. The van der Waals surface area contributed by atoms with Crippen LogP contribution >= 0.6 is 0 Å². The average Bonchev–Trinajstić information content (AvgIpc) is 3.10. The minimum absolute atomic E-state index is 0.100. The monoisotopic (exact) mass is 270 g/mol. The van der Waals surface area contributed by atoms with E-state index in [1.165, 1.54) is 17.1 Å². The first-order chi connectivity index (χ1) is 9.72. The topological polar surface area (TPSA) is 94.0 Å². The summed E-state index contributed by atoms with van der Waals surface area (Å²) in [5, 5.41) is 20.9. The summed E-state index contributed by atoms with van der Waals surface area (Å²) in [6, 6.07) is 10.9. The van der Waals surface area contributed by atoms with Crippen LogP contribution in [0.4, 0.5) is 0 Å². The molecule has 2 aromatic heterocycles.